The summed E-state index contributed by atoms with van der Waals surface area (Å²) in [6.07, 6.45) is 10.6. The third-order valence-electron chi connectivity index (χ3n) is 2.36. The SMILES string of the molecule is CCCCC=C(CCCC)[SiH2]N(C)C. The molecule has 0 spiro atoms. The van der Waals surface area contributed by atoms with E-state index in [9.17, 15) is 0 Å². The van der Waals surface area contributed by atoms with Crippen molar-refractivity contribution in [3.63, 3.8) is 0 Å². The van der Waals surface area contributed by atoms with Gasteiger partial charge in [-0.05, 0) is 26.9 Å². The van der Waals surface area contributed by atoms with E-state index in [-0.39, 0.29) is 9.68 Å². The maximum absolute atomic E-state index is 2.52. The molecule has 0 radical (unpaired) electrons. The highest BCUT2D eigenvalue weighted by atomic mass is 28.2. The van der Waals surface area contributed by atoms with Gasteiger partial charge in [0.25, 0.3) is 0 Å². The minimum absolute atomic E-state index is 0.0938. The number of rotatable bonds is 8. The normalized spacial score (nSPS) is 13.4. The predicted molar refractivity (Wildman–Crippen MR) is 69.4 cm³/mol. The van der Waals surface area contributed by atoms with Crippen LogP contribution in [0.2, 0.25) is 0 Å². The molecule has 0 saturated carbocycles. The van der Waals surface area contributed by atoms with E-state index in [0.29, 0.717) is 0 Å². The zero-order chi connectivity index (χ0) is 10.8. The second-order valence-corrected chi connectivity index (χ2v) is 6.84. The molecule has 0 aromatic rings. The fourth-order valence-corrected chi connectivity index (χ4v) is 3.12. The highest BCUT2D eigenvalue weighted by Crippen LogP contribution is 2.09. The zero-order valence-corrected chi connectivity index (χ0v) is 11.9. The van der Waals surface area contributed by atoms with Crippen LogP contribution in [0.25, 0.3) is 0 Å². The molecule has 0 bridgehead atoms. The summed E-state index contributed by atoms with van der Waals surface area (Å²) in [5, 5.41) is 1.77. The Morgan fingerprint density at radius 3 is 2.29 bits per heavy atom. The molecular formula is C12H27NSi. The molecule has 0 atom stereocenters. The van der Waals surface area contributed by atoms with E-state index < -0.39 is 0 Å². The van der Waals surface area contributed by atoms with Gasteiger partial charge in [0.2, 0.25) is 0 Å². The smallest absolute Gasteiger partial charge is 0.121 e. The molecule has 1 nitrogen and oxygen atoms in total. The molecule has 0 aliphatic heterocycles. The van der Waals surface area contributed by atoms with Crippen LogP contribution < -0.4 is 0 Å². The summed E-state index contributed by atoms with van der Waals surface area (Å²) in [4.78, 5) is 0. The average molecular weight is 213 g/mol. The van der Waals surface area contributed by atoms with Gasteiger partial charge >= 0.3 is 0 Å². The Kier molecular flexibility index (Phi) is 9.41. The molecule has 0 saturated heterocycles. The average Bonchev–Trinajstić information content (AvgIpc) is 2.13. The highest BCUT2D eigenvalue weighted by Gasteiger charge is 1.99. The molecule has 0 rings (SSSR count). The molecule has 0 aromatic carbocycles. The molecule has 0 aromatic heterocycles. The minimum atomic E-state index is -0.0938. The Bertz CT molecular complexity index is 152. The number of unbranched alkanes of at least 4 members (excludes halogenated alkanes) is 3. The van der Waals surface area contributed by atoms with Crippen LogP contribution >= 0.6 is 0 Å². The molecule has 0 N–H and O–H groups in total. The van der Waals surface area contributed by atoms with Crippen molar-refractivity contribution in [3.8, 4) is 0 Å². The van der Waals surface area contributed by atoms with Crippen LogP contribution in [0, 0.1) is 0 Å². The van der Waals surface area contributed by atoms with Gasteiger partial charge in [-0.2, -0.15) is 0 Å². The van der Waals surface area contributed by atoms with Gasteiger partial charge in [-0.3, -0.25) is 0 Å². The van der Waals surface area contributed by atoms with Crippen LogP contribution in [0.1, 0.15) is 52.4 Å². The highest BCUT2D eigenvalue weighted by molar-refractivity contribution is 6.41. The van der Waals surface area contributed by atoms with Gasteiger partial charge in [0.1, 0.15) is 9.68 Å². The van der Waals surface area contributed by atoms with E-state index in [1.54, 1.807) is 5.20 Å². The number of allylic oxidation sites excluding steroid dienone is 2. The quantitative estimate of drug-likeness (QED) is 0.443. The van der Waals surface area contributed by atoms with Gasteiger partial charge in [-0.25, -0.2) is 0 Å². The fourth-order valence-electron chi connectivity index (χ4n) is 1.57. The van der Waals surface area contributed by atoms with Crippen molar-refractivity contribution in [2.24, 2.45) is 0 Å². The lowest BCUT2D eigenvalue weighted by Gasteiger charge is -2.12. The van der Waals surface area contributed by atoms with Crippen molar-refractivity contribution < 1.29 is 0 Å². The second-order valence-electron chi connectivity index (χ2n) is 4.35. The molecule has 0 heterocycles. The Balaban J connectivity index is 3.88. The number of hydrogen-bond donors (Lipinski definition) is 0. The third-order valence-corrected chi connectivity index (χ3v) is 4.04. The lowest BCUT2D eigenvalue weighted by Crippen LogP contribution is -2.19. The summed E-state index contributed by atoms with van der Waals surface area (Å²) >= 11 is 0. The van der Waals surface area contributed by atoms with Crippen LogP contribution in [0.15, 0.2) is 11.3 Å². The van der Waals surface area contributed by atoms with Crippen LogP contribution in [0.3, 0.4) is 0 Å². The van der Waals surface area contributed by atoms with Gasteiger partial charge in [0.05, 0.1) is 0 Å². The third kappa shape index (κ3) is 8.51. The van der Waals surface area contributed by atoms with Crippen molar-refractivity contribution >= 4 is 9.68 Å². The standard InChI is InChI=1S/C12H27NSi/c1-5-7-9-11-12(10-8-6-2)14-13(3)4/h11H,5-10,14H2,1-4H3. The van der Waals surface area contributed by atoms with Crippen LogP contribution in [-0.4, -0.2) is 28.3 Å². The summed E-state index contributed by atoms with van der Waals surface area (Å²) in [5.74, 6) is 0. The minimum Gasteiger partial charge on any atom is -0.331 e. The first-order valence-corrected chi connectivity index (χ1v) is 7.37. The molecule has 0 amide bonds. The van der Waals surface area contributed by atoms with Crippen molar-refractivity contribution in [2.45, 2.75) is 52.4 Å². The Hall–Kier alpha value is -0.0831. The summed E-state index contributed by atoms with van der Waals surface area (Å²) < 4.78 is 2.41. The summed E-state index contributed by atoms with van der Waals surface area (Å²) in [6.45, 7) is 4.55. The Morgan fingerprint density at radius 2 is 1.79 bits per heavy atom. The topological polar surface area (TPSA) is 3.24 Å². The summed E-state index contributed by atoms with van der Waals surface area (Å²) in [6, 6.07) is 0. The Labute approximate surface area is 92.5 Å². The number of hydrogen-bond acceptors (Lipinski definition) is 1. The molecule has 84 valence electrons. The van der Waals surface area contributed by atoms with Crippen molar-refractivity contribution in [2.75, 3.05) is 14.1 Å². The van der Waals surface area contributed by atoms with E-state index in [0.717, 1.165) is 0 Å². The monoisotopic (exact) mass is 213 g/mol. The van der Waals surface area contributed by atoms with E-state index in [4.69, 9.17) is 0 Å². The van der Waals surface area contributed by atoms with Gasteiger partial charge in [0, 0.05) is 0 Å². The maximum atomic E-state index is 2.52. The van der Waals surface area contributed by atoms with E-state index in [1.807, 2.05) is 0 Å². The van der Waals surface area contributed by atoms with Crippen LogP contribution in [0.4, 0.5) is 0 Å². The first-order chi connectivity index (χ1) is 6.70. The summed E-state index contributed by atoms with van der Waals surface area (Å²) in [7, 11) is 4.33. The van der Waals surface area contributed by atoms with Gasteiger partial charge in [-0.1, -0.05) is 50.8 Å². The molecule has 0 unspecified atom stereocenters. The molecule has 0 fully saturated rings. The predicted octanol–water partition coefficient (Wildman–Crippen LogP) is 2.90. The number of nitrogens with zero attached hydrogens (tertiary/aromatic N) is 1. The molecule has 14 heavy (non-hydrogen) atoms. The Morgan fingerprint density at radius 1 is 1.14 bits per heavy atom. The molecule has 0 aliphatic carbocycles. The van der Waals surface area contributed by atoms with Gasteiger partial charge < -0.3 is 4.57 Å². The fraction of sp³-hybridized carbons (Fsp3) is 0.833. The van der Waals surface area contributed by atoms with Gasteiger partial charge in [-0.15, -0.1) is 0 Å². The lowest BCUT2D eigenvalue weighted by atomic mass is 10.2. The van der Waals surface area contributed by atoms with E-state index in [1.165, 1.54) is 38.5 Å². The summed E-state index contributed by atoms with van der Waals surface area (Å²) in [5.41, 5.74) is 0. The van der Waals surface area contributed by atoms with E-state index in [2.05, 4.69) is 38.6 Å². The van der Waals surface area contributed by atoms with Crippen molar-refractivity contribution in [1.82, 2.24) is 4.57 Å². The van der Waals surface area contributed by atoms with Crippen molar-refractivity contribution in [1.29, 1.82) is 0 Å². The molecule has 0 aliphatic rings. The molecule has 2 heteroatoms. The van der Waals surface area contributed by atoms with Gasteiger partial charge in [0.15, 0.2) is 0 Å². The first-order valence-electron chi connectivity index (χ1n) is 6.03. The van der Waals surface area contributed by atoms with Crippen LogP contribution in [0.5, 0.6) is 0 Å². The second kappa shape index (κ2) is 9.47. The molecular weight excluding hydrogens is 186 g/mol. The first kappa shape index (κ1) is 13.9. The lowest BCUT2D eigenvalue weighted by molar-refractivity contribution is 0.659. The zero-order valence-electron chi connectivity index (χ0n) is 10.5. The van der Waals surface area contributed by atoms with Crippen molar-refractivity contribution in [3.05, 3.63) is 11.3 Å². The van der Waals surface area contributed by atoms with Crippen LogP contribution in [-0.2, 0) is 0 Å². The largest absolute Gasteiger partial charge is 0.331 e. The van der Waals surface area contributed by atoms with E-state index >= 15 is 0 Å². The maximum Gasteiger partial charge on any atom is 0.121 e.